The average Bonchev–Trinajstić information content (AvgIpc) is 3.42. The second kappa shape index (κ2) is 11.9. The second-order valence-corrected chi connectivity index (χ2v) is 7.60. The van der Waals surface area contributed by atoms with Crippen LogP contribution in [0.2, 0.25) is 0 Å². The van der Waals surface area contributed by atoms with Crippen LogP contribution in [0.3, 0.4) is 0 Å². The lowest BCUT2D eigenvalue weighted by Crippen LogP contribution is -2.70. The number of carbonyl (C=O) groups excluding carboxylic acids is 3. The Morgan fingerprint density at radius 3 is 2.29 bits per heavy atom. The van der Waals surface area contributed by atoms with Gasteiger partial charge >= 0.3 is 12.2 Å². The molecule has 0 aromatic heterocycles. The molecule has 2 amide bonds. The van der Waals surface area contributed by atoms with Crippen molar-refractivity contribution in [1.82, 2.24) is 15.8 Å². The summed E-state index contributed by atoms with van der Waals surface area (Å²) in [5.74, 6) is 0.340. The SMILES string of the molecule is CCOC(=O)NN(C(=O)OCC)C(Cc1ccccc1)(C(=O)c1ccc(OC)cc1)C1=NCCN1. The lowest BCUT2D eigenvalue weighted by atomic mass is 9.81. The number of Topliss-reactive ketones (excluding diaryl/α,β-unsaturated/α-hetero) is 1. The first-order valence-electron chi connectivity index (χ1n) is 11.4. The molecular formula is C25H30N4O6. The van der Waals surface area contributed by atoms with E-state index in [0.717, 1.165) is 10.6 Å². The molecule has 1 unspecified atom stereocenters. The number of aliphatic imine (C=N–C) groups is 1. The van der Waals surface area contributed by atoms with E-state index in [1.165, 1.54) is 7.11 Å². The van der Waals surface area contributed by atoms with Crippen molar-refractivity contribution in [3.05, 3.63) is 65.7 Å². The largest absolute Gasteiger partial charge is 0.497 e. The van der Waals surface area contributed by atoms with Crippen LogP contribution < -0.4 is 15.5 Å². The Kier molecular flexibility index (Phi) is 8.66. The van der Waals surface area contributed by atoms with Gasteiger partial charge in [0, 0.05) is 18.5 Å². The fourth-order valence-corrected chi connectivity index (χ4v) is 3.85. The summed E-state index contributed by atoms with van der Waals surface area (Å²) in [6.07, 6.45) is -1.82. The number of carbonyl (C=O) groups is 3. The highest BCUT2D eigenvalue weighted by Crippen LogP contribution is 2.29. The molecule has 3 rings (SSSR count). The molecule has 0 saturated heterocycles. The number of methoxy groups -OCH3 is 1. The molecule has 1 atom stereocenters. The third kappa shape index (κ3) is 5.71. The molecule has 0 bridgehead atoms. The van der Waals surface area contributed by atoms with Gasteiger partial charge in [-0.25, -0.2) is 15.0 Å². The Morgan fingerprint density at radius 2 is 1.71 bits per heavy atom. The number of hydrogen-bond acceptors (Lipinski definition) is 8. The van der Waals surface area contributed by atoms with Gasteiger partial charge in [-0.05, 0) is 43.7 Å². The number of benzene rings is 2. The van der Waals surface area contributed by atoms with Crippen LogP contribution in [0, 0.1) is 0 Å². The third-order valence-corrected chi connectivity index (χ3v) is 5.41. The molecule has 35 heavy (non-hydrogen) atoms. The van der Waals surface area contributed by atoms with Crippen molar-refractivity contribution in [2.45, 2.75) is 25.8 Å². The molecule has 2 aromatic carbocycles. The van der Waals surface area contributed by atoms with E-state index in [9.17, 15) is 14.4 Å². The van der Waals surface area contributed by atoms with Crippen LogP contribution in [0.5, 0.6) is 5.75 Å². The van der Waals surface area contributed by atoms with Gasteiger partial charge in [0.2, 0.25) is 0 Å². The molecule has 1 aliphatic heterocycles. The predicted molar refractivity (Wildman–Crippen MR) is 130 cm³/mol. The normalized spacial score (nSPS) is 14.1. The quantitative estimate of drug-likeness (QED) is 0.417. The van der Waals surface area contributed by atoms with Gasteiger partial charge in [0.25, 0.3) is 0 Å². The van der Waals surface area contributed by atoms with Gasteiger partial charge in [-0.3, -0.25) is 9.79 Å². The fourth-order valence-electron chi connectivity index (χ4n) is 3.85. The molecule has 0 saturated carbocycles. The summed E-state index contributed by atoms with van der Waals surface area (Å²) in [6, 6.07) is 15.7. The maximum Gasteiger partial charge on any atom is 0.430 e. The summed E-state index contributed by atoms with van der Waals surface area (Å²) in [5, 5.41) is 4.03. The van der Waals surface area contributed by atoms with Crippen molar-refractivity contribution in [3.8, 4) is 5.75 Å². The van der Waals surface area contributed by atoms with E-state index in [2.05, 4.69) is 15.7 Å². The van der Waals surface area contributed by atoms with Crippen LogP contribution in [-0.4, -0.2) is 67.8 Å². The Balaban J connectivity index is 2.23. The van der Waals surface area contributed by atoms with E-state index in [0.29, 0.717) is 18.8 Å². The van der Waals surface area contributed by atoms with Crippen molar-refractivity contribution >= 4 is 23.8 Å². The number of nitrogens with zero attached hydrogens (tertiary/aromatic N) is 2. The smallest absolute Gasteiger partial charge is 0.430 e. The van der Waals surface area contributed by atoms with Crippen molar-refractivity contribution in [2.75, 3.05) is 33.4 Å². The van der Waals surface area contributed by atoms with E-state index in [4.69, 9.17) is 14.2 Å². The lowest BCUT2D eigenvalue weighted by molar-refractivity contribution is 0.0348. The fraction of sp³-hybridized carbons (Fsp3) is 0.360. The van der Waals surface area contributed by atoms with Gasteiger partial charge < -0.3 is 19.5 Å². The molecule has 186 valence electrons. The lowest BCUT2D eigenvalue weighted by Gasteiger charge is -2.41. The number of nitrogens with one attached hydrogen (secondary N) is 2. The molecule has 0 spiro atoms. The molecule has 2 N–H and O–H groups in total. The van der Waals surface area contributed by atoms with Crippen LogP contribution in [0.4, 0.5) is 9.59 Å². The topological polar surface area (TPSA) is 119 Å². The summed E-state index contributed by atoms with van der Waals surface area (Å²) in [6.45, 7) is 4.24. The summed E-state index contributed by atoms with van der Waals surface area (Å²) >= 11 is 0. The van der Waals surface area contributed by atoms with E-state index in [1.54, 1.807) is 38.1 Å². The molecule has 1 heterocycles. The Labute approximate surface area is 204 Å². The van der Waals surface area contributed by atoms with Crippen molar-refractivity contribution < 1.29 is 28.6 Å². The number of amidine groups is 1. The van der Waals surface area contributed by atoms with Crippen LogP contribution >= 0.6 is 0 Å². The number of ether oxygens (including phenoxy) is 3. The van der Waals surface area contributed by atoms with Crippen LogP contribution in [0.15, 0.2) is 59.6 Å². The second-order valence-electron chi connectivity index (χ2n) is 7.60. The maximum atomic E-state index is 14.3. The minimum Gasteiger partial charge on any atom is -0.497 e. The highest BCUT2D eigenvalue weighted by Gasteiger charge is 2.54. The number of ketones is 1. The van der Waals surface area contributed by atoms with Gasteiger partial charge in [0.05, 0.1) is 26.9 Å². The molecule has 10 heteroatoms. The first-order chi connectivity index (χ1) is 17.0. The van der Waals surface area contributed by atoms with Crippen molar-refractivity contribution in [3.63, 3.8) is 0 Å². The van der Waals surface area contributed by atoms with Gasteiger partial charge in [-0.1, -0.05) is 30.3 Å². The van der Waals surface area contributed by atoms with Gasteiger partial charge in [0.15, 0.2) is 11.3 Å². The molecule has 0 radical (unpaired) electrons. The van der Waals surface area contributed by atoms with Gasteiger partial charge in [-0.15, -0.1) is 0 Å². The molecule has 10 nitrogen and oxygen atoms in total. The summed E-state index contributed by atoms with van der Waals surface area (Å²) in [4.78, 5) is 44.7. The van der Waals surface area contributed by atoms with Crippen molar-refractivity contribution in [2.24, 2.45) is 4.99 Å². The first kappa shape index (κ1) is 25.5. The number of hydrogen-bond donors (Lipinski definition) is 2. The summed E-state index contributed by atoms with van der Waals surface area (Å²) in [5.41, 5.74) is 1.69. The monoisotopic (exact) mass is 482 g/mol. The van der Waals surface area contributed by atoms with Crippen LogP contribution in [0.1, 0.15) is 29.8 Å². The molecule has 0 fully saturated rings. The first-order valence-corrected chi connectivity index (χ1v) is 11.4. The Bertz CT molecular complexity index is 1060. The number of amides is 2. The predicted octanol–water partition coefficient (Wildman–Crippen LogP) is 2.98. The van der Waals surface area contributed by atoms with Crippen molar-refractivity contribution in [1.29, 1.82) is 0 Å². The standard InChI is InChI=1S/C25H30N4O6/c1-4-34-23(31)28-29(24(32)35-5-2)25(22-26-15-16-27-22,17-18-9-7-6-8-10-18)21(30)19-11-13-20(33-3)14-12-19/h6-14H,4-5,15-17H2,1-3H3,(H,26,27)(H,28,31). The van der Waals surface area contributed by atoms with E-state index in [1.807, 2.05) is 30.3 Å². The maximum absolute atomic E-state index is 14.3. The zero-order chi connectivity index (χ0) is 25.3. The Morgan fingerprint density at radius 1 is 1.03 bits per heavy atom. The zero-order valence-electron chi connectivity index (χ0n) is 20.1. The van der Waals surface area contributed by atoms with E-state index < -0.39 is 23.5 Å². The highest BCUT2D eigenvalue weighted by molar-refractivity contribution is 6.21. The number of hydrazine groups is 1. The third-order valence-electron chi connectivity index (χ3n) is 5.41. The molecule has 2 aromatic rings. The van der Waals surface area contributed by atoms with Gasteiger partial charge in [-0.2, -0.15) is 5.01 Å². The zero-order valence-corrected chi connectivity index (χ0v) is 20.1. The molecule has 1 aliphatic rings. The molecular weight excluding hydrogens is 452 g/mol. The summed E-state index contributed by atoms with van der Waals surface area (Å²) in [7, 11) is 1.53. The van der Waals surface area contributed by atoms with E-state index in [-0.39, 0.29) is 31.0 Å². The minimum absolute atomic E-state index is 0.00968. The number of rotatable bonds is 9. The van der Waals surface area contributed by atoms with Crippen LogP contribution in [0.25, 0.3) is 0 Å². The molecule has 0 aliphatic carbocycles. The van der Waals surface area contributed by atoms with Gasteiger partial charge in [0.1, 0.15) is 11.6 Å². The average molecular weight is 483 g/mol. The minimum atomic E-state index is -1.79. The highest BCUT2D eigenvalue weighted by atomic mass is 16.6. The Hall–Kier alpha value is -4.08. The van der Waals surface area contributed by atoms with E-state index >= 15 is 0 Å². The van der Waals surface area contributed by atoms with Crippen LogP contribution in [-0.2, 0) is 15.9 Å². The summed E-state index contributed by atoms with van der Waals surface area (Å²) < 4.78 is 15.5.